The molecule has 1 aliphatic carbocycles. The number of aromatic nitrogens is 2. The predicted molar refractivity (Wildman–Crippen MR) is 122 cm³/mol. The number of benzene rings is 1. The third-order valence-corrected chi connectivity index (χ3v) is 6.83. The van der Waals surface area contributed by atoms with Gasteiger partial charge in [-0.15, -0.1) is 0 Å². The lowest BCUT2D eigenvalue weighted by atomic mass is 9.89. The highest BCUT2D eigenvalue weighted by molar-refractivity contribution is 7.92. The van der Waals surface area contributed by atoms with Crippen LogP contribution in [-0.4, -0.2) is 35.6 Å². The van der Waals surface area contributed by atoms with Gasteiger partial charge in [-0.05, 0) is 62.1 Å². The maximum absolute atomic E-state index is 12.9. The van der Waals surface area contributed by atoms with Crippen molar-refractivity contribution in [3.05, 3.63) is 64.7 Å². The average Bonchev–Trinajstić information content (AvgIpc) is 2.69. The summed E-state index contributed by atoms with van der Waals surface area (Å²) in [5.74, 6) is 0.601. The molecule has 0 spiro atoms. The normalized spacial score (nSPS) is 18.3. The number of anilines is 2. The van der Waals surface area contributed by atoms with Crippen molar-refractivity contribution >= 4 is 33.3 Å². The zero-order valence-corrected chi connectivity index (χ0v) is 18.7. The van der Waals surface area contributed by atoms with Gasteiger partial charge in [0.15, 0.2) is 5.03 Å². The van der Waals surface area contributed by atoms with Crippen molar-refractivity contribution in [2.45, 2.75) is 43.9 Å². The van der Waals surface area contributed by atoms with E-state index in [1.54, 1.807) is 18.2 Å². The number of aliphatic hydroxyl groups is 1. The number of hydrogen-bond donors (Lipinski definition) is 3. The number of aliphatic hydroxyl groups excluding tert-OH is 1. The first kappa shape index (κ1) is 21.5. The summed E-state index contributed by atoms with van der Waals surface area (Å²) in [4.78, 5) is 8.70. The highest BCUT2D eigenvalue weighted by Crippen LogP contribution is 2.32. The van der Waals surface area contributed by atoms with Crippen LogP contribution < -0.4 is 10.0 Å². The second kappa shape index (κ2) is 8.45. The fourth-order valence-corrected chi connectivity index (χ4v) is 4.78. The third kappa shape index (κ3) is 4.66. The monoisotopic (exact) mass is 458 g/mol. The van der Waals surface area contributed by atoms with Crippen LogP contribution >= 0.6 is 11.6 Å². The smallest absolute Gasteiger partial charge is 0.280 e. The Labute approximate surface area is 186 Å². The van der Waals surface area contributed by atoms with Gasteiger partial charge in [0, 0.05) is 11.6 Å². The molecule has 31 heavy (non-hydrogen) atoms. The summed E-state index contributed by atoms with van der Waals surface area (Å²) >= 11 is 6.38. The lowest BCUT2D eigenvalue weighted by Crippen LogP contribution is -2.39. The molecule has 9 heteroatoms. The van der Waals surface area contributed by atoms with Gasteiger partial charge in [0.05, 0.1) is 16.8 Å². The van der Waals surface area contributed by atoms with E-state index >= 15 is 0 Å². The molecular weight excluding hydrogens is 436 g/mol. The van der Waals surface area contributed by atoms with Gasteiger partial charge < -0.3 is 10.4 Å². The number of nitrogens with zero attached hydrogens (tertiary/aromatic N) is 2. The average molecular weight is 459 g/mol. The number of rotatable bonds is 6. The Bertz CT molecular complexity index is 1210. The maximum atomic E-state index is 12.9. The molecule has 2 heterocycles. The van der Waals surface area contributed by atoms with Crippen LogP contribution in [0, 0.1) is 13.8 Å². The summed E-state index contributed by atoms with van der Waals surface area (Å²) in [6.45, 7) is 3.92. The first-order valence-corrected chi connectivity index (χ1v) is 11.8. The first-order chi connectivity index (χ1) is 14.7. The van der Waals surface area contributed by atoms with Crippen LogP contribution in [0.25, 0.3) is 11.3 Å². The van der Waals surface area contributed by atoms with Crippen LogP contribution in [0.2, 0.25) is 5.02 Å². The molecule has 3 N–H and O–H groups in total. The summed E-state index contributed by atoms with van der Waals surface area (Å²) in [6.07, 6.45) is 0.924. The van der Waals surface area contributed by atoms with Crippen LogP contribution in [0.5, 0.6) is 0 Å². The molecule has 0 bridgehead atoms. The second-order valence-electron chi connectivity index (χ2n) is 7.73. The molecular formula is C22H23ClN4O3S. The minimum Gasteiger partial charge on any atom is -0.393 e. The molecule has 2 aromatic heterocycles. The molecule has 3 aromatic rings. The topological polar surface area (TPSA) is 104 Å². The van der Waals surface area contributed by atoms with Crippen LogP contribution in [-0.2, 0) is 10.0 Å². The molecule has 0 aliphatic heterocycles. The zero-order valence-electron chi connectivity index (χ0n) is 17.1. The van der Waals surface area contributed by atoms with E-state index in [1.807, 2.05) is 32.0 Å². The van der Waals surface area contributed by atoms with E-state index in [4.69, 9.17) is 11.6 Å². The largest absolute Gasteiger partial charge is 0.393 e. The minimum absolute atomic E-state index is 0.0891. The SMILES string of the molecule is Cc1cccc(C)c1-c1nc(NS(=O)(=O)c2cccc(NC3CC(O)C3)n2)ccc1Cl. The molecule has 1 saturated carbocycles. The third-order valence-electron chi connectivity index (χ3n) is 5.27. The van der Waals surface area contributed by atoms with Gasteiger partial charge in [-0.1, -0.05) is 35.9 Å². The quantitative estimate of drug-likeness (QED) is 0.512. The highest BCUT2D eigenvalue weighted by atomic mass is 35.5. The van der Waals surface area contributed by atoms with Crippen molar-refractivity contribution in [3.63, 3.8) is 0 Å². The zero-order chi connectivity index (χ0) is 22.2. The van der Waals surface area contributed by atoms with Gasteiger partial charge in [-0.25, -0.2) is 9.97 Å². The van der Waals surface area contributed by atoms with Gasteiger partial charge in [0.2, 0.25) is 0 Å². The summed E-state index contributed by atoms with van der Waals surface area (Å²) in [5.41, 5.74) is 3.39. The summed E-state index contributed by atoms with van der Waals surface area (Å²) in [5, 5.41) is 12.9. The lowest BCUT2D eigenvalue weighted by molar-refractivity contribution is 0.0835. The summed E-state index contributed by atoms with van der Waals surface area (Å²) in [7, 11) is -3.96. The number of hydrogen-bond acceptors (Lipinski definition) is 6. The van der Waals surface area contributed by atoms with Crippen molar-refractivity contribution in [1.82, 2.24) is 9.97 Å². The Balaban J connectivity index is 1.60. The molecule has 7 nitrogen and oxygen atoms in total. The van der Waals surface area contributed by atoms with Gasteiger partial charge in [0.1, 0.15) is 11.6 Å². The number of nitrogens with one attached hydrogen (secondary N) is 2. The molecule has 0 amide bonds. The number of pyridine rings is 2. The van der Waals surface area contributed by atoms with Crippen molar-refractivity contribution in [3.8, 4) is 11.3 Å². The first-order valence-electron chi connectivity index (χ1n) is 9.90. The fraction of sp³-hybridized carbons (Fsp3) is 0.273. The highest BCUT2D eigenvalue weighted by Gasteiger charge is 2.27. The van der Waals surface area contributed by atoms with E-state index < -0.39 is 10.0 Å². The Morgan fingerprint density at radius 2 is 1.65 bits per heavy atom. The number of sulfonamides is 1. The predicted octanol–water partition coefficient (Wildman–Crippen LogP) is 4.15. The van der Waals surface area contributed by atoms with Crippen molar-refractivity contribution < 1.29 is 13.5 Å². The van der Waals surface area contributed by atoms with Crippen LogP contribution in [0.15, 0.2) is 53.6 Å². The Kier molecular flexibility index (Phi) is 5.88. The molecule has 1 fully saturated rings. The van der Waals surface area contributed by atoms with Crippen molar-refractivity contribution in [2.24, 2.45) is 0 Å². The standard InChI is InChI=1S/C22H23ClN4O3S/c1-13-5-3-6-14(2)21(13)22-17(23)9-10-19(26-22)27-31(29,30)20-8-4-7-18(25-20)24-15-11-16(28)12-15/h3-10,15-16,28H,11-12H2,1-2H3,(H,24,25)(H,26,27). The molecule has 0 atom stereocenters. The Hall–Kier alpha value is -2.68. The van der Waals surface area contributed by atoms with E-state index in [1.165, 1.54) is 12.1 Å². The number of halogens is 1. The van der Waals surface area contributed by atoms with E-state index in [2.05, 4.69) is 20.0 Å². The molecule has 0 saturated heterocycles. The maximum Gasteiger partial charge on any atom is 0.280 e. The molecule has 162 valence electrons. The van der Waals surface area contributed by atoms with Gasteiger partial charge in [0.25, 0.3) is 10.0 Å². The lowest BCUT2D eigenvalue weighted by Gasteiger charge is -2.32. The van der Waals surface area contributed by atoms with E-state index in [0.717, 1.165) is 16.7 Å². The molecule has 4 rings (SSSR count). The molecule has 0 radical (unpaired) electrons. The number of aryl methyl sites for hydroxylation is 2. The molecule has 0 unspecified atom stereocenters. The molecule has 1 aromatic carbocycles. The van der Waals surface area contributed by atoms with Gasteiger partial charge >= 0.3 is 0 Å². The Morgan fingerprint density at radius 1 is 0.968 bits per heavy atom. The van der Waals surface area contributed by atoms with Crippen molar-refractivity contribution in [2.75, 3.05) is 10.0 Å². The van der Waals surface area contributed by atoms with Gasteiger partial charge in [-0.2, -0.15) is 8.42 Å². The van der Waals surface area contributed by atoms with E-state index in [0.29, 0.717) is 29.4 Å². The van der Waals surface area contributed by atoms with E-state index in [9.17, 15) is 13.5 Å². The fourth-order valence-electron chi connectivity index (χ4n) is 3.61. The van der Waals surface area contributed by atoms with Gasteiger partial charge in [-0.3, -0.25) is 4.72 Å². The summed E-state index contributed by atoms with van der Waals surface area (Å²) < 4.78 is 28.4. The van der Waals surface area contributed by atoms with Crippen LogP contribution in [0.3, 0.4) is 0 Å². The van der Waals surface area contributed by atoms with Crippen LogP contribution in [0.4, 0.5) is 11.6 Å². The summed E-state index contributed by atoms with van der Waals surface area (Å²) in [6, 6.07) is 13.8. The van der Waals surface area contributed by atoms with Crippen LogP contribution in [0.1, 0.15) is 24.0 Å². The second-order valence-corrected chi connectivity index (χ2v) is 9.76. The molecule has 1 aliphatic rings. The van der Waals surface area contributed by atoms with Crippen molar-refractivity contribution in [1.29, 1.82) is 0 Å². The minimum atomic E-state index is -3.96. The Morgan fingerprint density at radius 3 is 2.32 bits per heavy atom. The van der Waals surface area contributed by atoms with E-state index in [-0.39, 0.29) is 23.0 Å².